The van der Waals surface area contributed by atoms with E-state index in [4.69, 9.17) is 0 Å². The van der Waals surface area contributed by atoms with Crippen molar-refractivity contribution in [3.05, 3.63) is 22.4 Å². The molecule has 160 valence electrons. The fourth-order valence-electron chi connectivity index (χ4n) is 4.93. The third-order valence-corrected chi connectivity index (χ3v) is 7.70. The molecule has 7 nitrogen and oxygen atoms in total. The summed E-state index contributed by atoms with van der Waals surface area (Å²) in [5.41, 5.74) is 0. The molecular weight excluding hydrogens is 386 g/mol. The van der Waals surface area contributed by atoms with Crippen molar-refractivity contribution in [1.29, 1.82) is 0 Å². The van der Waals surface area contributed by atoms with Crippen LogP contribution in [0, 0.1) is 0 Å². The standard InChI is InChI=1S/C21H33N5O2S/c1-23-9-11-25(12-10-23)19(27)6-5-16-14-22-21(28)20-18(24(16)2)7-8-26(20)15-17-4-3-13-29-17/h3-4,13,16,18,20H,5-12,14-15H2,1-2H3,(H,22,28)/t16-,18+,20-/m0/s1. The van der Waals surface area contributed by atoms with Crippen molar-refractivity contribution in [3.8, 4) is 0 Å². The highest BCUT2D eigenvalue weighted by atomic mass is 32.1. The van der Waals surface area contributed by atoms with E-state index >= 15 is 0 Å². The van der Waals surface area contributed by atoms with Crippen molar-refractivity contribution in [1.82, 2.24) is 24.9 Å². The number of likely N-dealkylation sites (tertiary alicyclic amines) is 1. The van der Waals surface area contributed by atoms with Crippen LogP contribution in [-0.4, -0.2) is 103 Å². The molecule has 0 unspecified atom stereocenters. The molecule has 2 amide bonds. The summed E-state index contributed by atoms with van der Waals surface area (Å²) in [6, 6.07) is 4.55. The number of thiophene rings is 1. The van der Waals surface area contributed by atoms with Crippen molar-refractivity contribution >= 4 is 23.2 Å². The van der Waals surface area contributed by atoms with Crippen LogP contribution < -0.4 is 5.32 Å². The number of amides is 2. The summed E-state index contributed by atoms with van der Waals surface area (Å²) < 4.78 is 0. The minimum Gasteiger partial charge on any atom is -0.353 e. The molecule has 0 aliphatic carbocycles. The van der Waals surface area contributed by atoms with Gasteiger partial charge in [0.1, 0.15) is 6.04 Å². The number of carbonyl (C=O) groups is 2. The fourth-order valence-corrected chi connectivity index (χ4v) is 5.66. The van der Waals surface area contributed by atoms with Crippen LogP contribution in [0.4, 0.5) is 0 Å². The van der Waals surface area contributed by atoms with Gasteiger partial charge in [-0.1, -0.05) is 6.07 Å². The second-order valence-corrected chi connectivity index (χ2v) is 9.67. The lowest BCUT2D eigenvalue weighted by Gasteiger charge is -2.34. The maximum absolute atomic E-state index is 12.9. The first kappa shape index (κ1) is 20.8. The Morgan fingerprint density at radius 1 is 1.21 bits per heavy atom. The monoisotopic (exact) mass is 419 g/mol. The topological polar surface area (TPSA) is 59.1 Å². The van der Waals surface area contributed by atoms with E-state index in [9.17, 15) is 9.59 Å². The maximum Gasteiger partial charge on any atom is 0.239 e. The molecule has 1 aromatic heterocycles. The van der Waals surface area contributed by atoms with Gasteiger partial charge in [0, 0.05) is 69.2 Å². The van der Waals surface area contributed by atoms with Gasteiger partial charge in [-0.05, 0) is 38.4 Å². The third kappa shape index (κ3) is 4.66. The van der Waals surface area contributed by atoms with E-state index < -0.39 is 0 Å². The van der Waals surface area contributed by atoms with E-state index in [1.165, 1.54) is 4.88 Å². The van der Waals surface area contributed by atoms with Gasteiger partial charge >= 0.3 is 0 Å². The summed E-state index contributed by atoms with van der Waals surface area (Å²) >= 11 is 1.75. The van der Waals surface area contributed by atoms with Crippen molar-refractivity contribution in [3.63, 3.8) is 0 Å². The van der Waals surface area contributed by atoms with Crippen LogP contribution in [0.25, 0.3) is 0 Å². The Hall–Kier alpha value is -1.48. The van der Waals surface area contributed by atoms with Crippen LogP contribution in [0.5, 0.6) is 0 Å². The Balaban J connectivity index is 1.35. The highest BCUT2D eigenvalue weighted by Gasteiger charge is 2.45. The largest absolute Gasteiger partial charge is 0.353 e. The van der Waals surface area contributed by atoms with Crippen molar-refractivity contribution in [2.75, 3.05) is 53.4 Å². The number of hydrogen-bond acceptors (Lipinski definition) is 6. The van der Waals surface area contributed by atoms with Crippen LogP contribution in [0.3, 0.4) is 0 Å². The second-order valence-electron chi connectivity index (χ2n) is 8.64. The molecule has 0 saturated carbocycles. The molecule has 1 aromatic rings. The van der Waals surface area contributed by atoms with Gasteiger partial charge in [-0.15, -0.1) is 11.3 Å². The lowest BCUT2D eigenvalue weighted by Crippen LogP contribution is -2.49. The zero-order valence-electron chi connectivity index (χ0n) is 17.5. The summed E-state index contributed by atoms with van der Waals surface area (Å²) in [4.78, 5) is 35.8. The lowest BCUT2D eigenvalue weighted by atomic mass is 10.0. The first-order valence-electron chi connectivity index (χ1n) is 10.8. The summed E-state index contributed by atoms with van der Waals surface area (Å²) in [6.07, 6.45) is 2.36. The number of carbonyl (C=O) groups excluding carboxylic acids is 2. The number of rotatable bonds is 5. The average molecular weight is 420 g/mol. The number of hydrogen-bond donors (Lipinski definition) is 1. The quantitative estimate of drug-likeness (QED) is 0.761. The summed E-state index contributed by atoms with van der Waals surface area (Å²) in [6.45, 7) is 5.98. The minimum absolute atomic E-state index is 0.0968. The average Bonchev–Trinajstić information content (AvgIpc) is 3.35. The van der Waals surface area contributed by atoms with Crippen LogP contribution in [0.2, 0.25) is 0 Å². The first-order valence-corrected chi connectivity index (χ1v) is 11.6. The molecule has 1 N–H and O–H groups in total. The number of likely N-dealkylation sites (N-methyl/N-ethyl adjacent to an activating group) is 2. The molecule has 4 rings (SSSR count). The zero-order valence-corrected chi connectivity index (χ0v) is 18.4. The molecule has 0 bridgehead atoms. The number of nitrogens with zero attached hydrogens (tertiary/aromatic N) is 4. The molecule has 3 saturated heterocycles. The first-order chi connectivity index (χ1) is 14.0. The van der Waals surface area contributed by atoms with Crippen LogP contribution in [0.15, 0.2) is 17.5 Å². The Morgan fingerprint density at radius 2 is 2.00 bits per heavy atom. The molecule has 0 spiro atoms. The van der Waals surface area contributed by atoms with E-state index in [2.05, 4.69) is 51.6 Å². The summed E-state index contributed by atoms with van der Waals surface area (Å²) in [5.74, 6) is 0.396. The Kier molecular flexibility index (Phi) is 6.53. The van der Waals surface area contributed by atoms with Gasteiger partial charge in [0.05, 0.1) is 0 Å². The molecule has 29 heavy (non-hydrogen) atoms. The summed E-state index contributed by atoms with van der Waals surface area (Å²) in [7, 11) is 4.24. The molecule has 3 fully saturated rings. The number of piperazine rings is 1. The molecule has 8 heteroatoms. The van der Waals surface area contributed by atoms with Gasteiger partial charge in [-0.3, -0.25) is 19.4 Å². The number of fused-ring (bicyclic) bond motifs is 1. The Bertz CT molecular complexity index is 704. The predicted molar refractivity (Wildman–Crippen MR) is 115 cm³/mol. The normalized spacial score (nSPS) is 29.5. The Morgan fingerprint density at radius 3 is 2.72 bits per heavy atom. The van der Waals surface area contributed by atoms with Gasteiger partial charge in [0.2, 0.25) is 11.8 Å². The maximum atomic E-state index is 12.9. The van der Waals surface area contributed by atoms with Crippen molar-refractivity contribution in [2.45, 2.75) is 43.9 Å². The fraction of sp³-hybridized carbons (Fsp3) is 0.714. The predicted octanol–water partition coefficient (Wildman–Crippen LogP) is 0.675. The molecule has 0 radical (unpaired) electrons. The van der Waals surface area contributed by atoms with E-state index in [1.54, 1.807) is 11.3 Å². The van der Waals surface area contributed by atoms with Crippen LogP contribution in [0.1, 0.15) is 24.1 Å². The molecule has 4 heterocycles. The van der Waals surface area contributed by atoms with Gasteiger partial charge in [-0.25, -0.2) is 0 Å². The van der Waals surface area contributed by atoms with E-state index in [1.807, 2.05) is 4.90 Å². The van der Waals surface area contributed by atoms with Crippen molar-refractivity contribution < 1.29 is 9.59 Å². The SMILES string of the molecule is CN1CCN(C(=O)CC[C@H]2CNC(=O)[C@@H]3[C@@H](CCN3Cc3cccs3)N2C)CC1. The van der Waals surface area contributed by atoms with E-state index in [0.29, 0.717) is 13.0 Å². The smallest absolute Gasteiger partial charge is 0.239 e. The summed E-state index contributed by atoms with van der Waals surface area (Å²) in [5, 5.41) is 5.26. The highest BCUT2D eigenvalue weighted by Crippen LogP contribution is 2.29. The molecule has 3 aliphatic heterocycles. The van der Waals surface area contributed by atoms with Gasteiger partial charge in [0.15, 0.2) is 0 Å². The molecule has 3 aliphatic rings. The molecule has 3 atom stereocenters. The van der Waals surface area contributed by atoms with E-state index in [-0.39, 0.29) is 29.9 Å². The van der Waals surface area contributed by atoms with Crippen molar-refractivity contribution in [2.24, 2.45) is 0 Å². The second kappa shape index (κ2) is 9.12. The van der Waals surface area contributed by atoms with E-state index in [0.717, 1.165) is 52.1 Å². The lowest BCUT2D eigenvalue weighted by molar-refractivity contribution is -0.133. The molecule has 0 aromatic carbocycles. The van der Waals surface area contributed by atoms with Crippen LogP contribution in [-0.2, 0) is 16.1 Å². The van der Waals surface area contributed by atoms with Crippen LogP contribution >= 0.6 is 11.3 Å². The van der Waals surface area contributed by atoms with Gasteiger partial charge in [0.25, 0.3) is 0 Å². The minimum atomic E-state index is -0.0968. The Labute approximate surface area is 177 Å². The third-order valence-electron chi connectivity index (χ3n) is 6.84. The number of nitrogens with one attached hydrogen (secondary N) is 1. The molecular formula is C21H33N5O2S. The zero-order chi connectivity index (χ0) is 20.4. The van der Waals surface area contributed by atoms with Gasteiger partial charge < -0.3 is 15.1 Å². The van der Waals surface area contributed by atoms with Gasteiger partial charge in [-0.2, -0.15) is 0 Å². The highest BCUT2D eigenvalue weighted by molar-refractivity contribution is 7.09.